The average Bonchev–Trinajstić information content (AvgIpc) is 2.07. The monoisotopic (exact) mass is 173 g/mol. The Labute approximate surface area is 74.3 Å². The number of rotatable bonds is 4. The molecule has 0 aromatic rings. The van der Waals surface area contributed by atoms with E-state index in [4.69, 9.17) is 0 Å². The van der Waals surface area contributed by atoms with Gasteiger partial charge in [0.2, 0.25) is 0 Å². The molecule has 1 aliphatic heterocycles. The topological polar surface area (TPSA) is 12.0 Å². The lowest BCUT2D eigenvalue weighted by Crippen LogP contribution is -2.31. The van der Waals surface area contributed by atoms with Gasteiger partial charge in [-0.05, 0) is 31.6 Å². The van der Waals surface area contributed by atoms with Crippen molar-refractivity contribution in [3.63, 3.8) is 0 Å². The standard InChI is InChI=1S/C9H19NS/c1-2-3-7-11-9-5-4-6-10-8-9/h9-10H,2-8H2,1H3. The largest absolute Gasteiger partial charge is 0.316 e. The maximum Gasteiger partial charge on any atom is 0.0172 e. The Morgan fingerprint density at radius 2 is 2.45 bits per heavy atom. The minimum Gasteiger partial charge on any atom is -0.316 e. The van der Waals surface area contributed by atoms with Crippen molar-refractivity contribution < 1.29 is 0 Å². The highest BCUT2D eigenvalue weighted by atomic mass is 32.2. The van der Waals surface area contributed by atoms with Crippen LogP contribution in [0.5, 0.6) is 0 Å². The molecule has 1 unspecified atom stereocenters. The number of hydrogen-bond donors (Lipinski definition) is 1. The van der Waals surface area contributed by atoms with E-state index in [0.717, 1.165) is 5.25 Å². The van der Waals surface area contributed by atoms with Gasteiger partial charge in [0.25, 0.3) is 0 Å². The Morgan fingerprint density at radius 1 is 1.55 bits per heavy atom. The van der Waals surface area contributed by atoms with Gasteiger partial charge in [0.1, 0.15) is 0 Å². The molecule has 0 aliphatic carbocycles. The molecular formula is C9H19NS. The van der Waals surface area contributed by atoms with Crippen molar-refractivity contribution in [3.05, 3.63) is 0 Å². The highest BCUT2D eigenvalue weighted by Crippen LogP contribution is 2.19. The van der Waals surface area contributed by atoms with E-state index in [9.17, 15) is 0 Å². The molecule has 1 N–H and O–H groups in total. The van der Waals surface area contributed by atoms with Gasteiger partial charge < -0.3 is 5.32 Å². The van der Waals surface area contributed by atoms with Crippen LogP contribution in [-0.4, -0.2) is 24.1 Å². The van der Waals surface area contributed by atoms with Crippen molar-refractivity contribution in [3.8, 4) is 0 Å². The molecule has 1 rings (SSSR count). The van der Waals surface area contributed by atoms with Gasteiger partial charge in [-0.3, -0.25) is 0 Å². The van der Waals surface area contributed by atoms with Crippen LogP contribution >= 0.6 is 11.8 Å². The first-order valence-electron chi connectivity index (χ1n) is 4.76. The smallest absolute Gasteiger partial charge is 0.0172 e. The van der Waals surface area contributed by atoms with Gasteiger partial charge in [-0.2, -0.15) is 11.8 Å². The fourth-order valence-corrected chi connectivity index (χ4v) is 2.71. The van der Waals surface area contributed by atoms with Crippen LogP contribution < -0.4 is 5.32 Å². The van der Waals surface area contributed by atoms with E-state index in [-0.39, 0.29) is 0 Å². The van der Waals surface area contributed by atoms with Crippen LogP contribution in [0.15, 0.2) is 0 Å². The summed E-state index contributed by atoms with van der Waals surface area (Å²) in [7, 11) is 0. The molecule has 0 spiro atoms. The first kappa shape index (κ1) is 9.40. The molecule has 1 fully saturated rings. The molecule has 1 saturated heterocycles. The van der Waals surface area contributed by atoms with E-state index in [1.807, 2.05) is 0 Å². The summed E-state index contributed by atoms with van der Waals surface area (Å²) in [6, 6.07) is 0. The lowest BCUT2D eigenvalue weighted by Gasteiger charge is -2.21. The number of piperidine rings is 1. The highest BCUT2D eigenvalue weighted by molar-refractivity contribution is 7.99. The van der Waals surface area contributed by atoms with E-state index >= 15 is 0 Å². The molecule has 0 bridgehead atoms. The van der Waals surface area contributed by atoms with Crippen LogP contribution in [0, 0.1) is 0 Å². The third-order valence-corrected chi connectivity index (χ3v) is 3.50. The number of nitrogens with one attached hydrogen (secondary N) is 1. The molecule has 66 valence electrons. The molecule has 0 aromatic carbocycles. The van der Waals surface area contributed by atoms with Gasteiger partial charge in [-0.1, -0.05) is 13.3 Å². The summed E-state index contributed by atoms with van der Waals surface area (Å²) in [5.74, 6) is 1.36. The first-order valence-corrected chi connectivity index (χ1v) is 5.80. The van der Waals surface area contributed by atoms with Crippen molar-refractivity contribution in [2.24, 2.45) is 0 Å². The summed E-state index contributed by atoms with van der Waals surface area (Å²) in [5.41, 5.74) is 0. The third kappa shape index (κ3) is 4.02. The Kier molecular flexibility index (Phi) is 5.04. The fraction of sp³-hybridized carbons (Fsp3) is 1.00. The van der Waals surface area contributed by atoms with Crippen LogP contribution in [0.1, 0.15) is 32.6 Å². The van der Waals surface area contributed by atoms with E-state index in [1.54, 1.807) is 0 Å². The SMILES string of the molecule is CCCCSC1CCCNC1. The normalized spacial score (nSPS) is 25.4. The molecule has 0 aromatic heterocycles. The van der Waals surface area contributed by atoms with Gasteiger partial charge in [-0.15, -0.1) is 0 Å². The molecule has 1 nitrogen and oxygen atoms in total. The number of thioether (sulfide) groups is 1. The lowest BCUT2D eigenvalue weighted by molar-refractivity contribution is 0.531. The summed E-state index contributed by atoms with van der Waals surface area (Å²) in [5, 5.41) is 4.35. The van der Waals surface area contributed by atoms with Crippen LogP contribution in [0.2, 0.25) is 0 Å². The fourth-order valence-electron chi connectivity index (χ4n) is 1.36. The van der Waals surface area contributed by atoms with Crippen LogP contribution in [0.4, 0.5) is 0 Å². The molecule has 1 heterocycles. The second kappa shape index (κ2) is 5.90. The maximum absolute atomic E-state index is 3.44. The van der Waals surface area contributed by atoms with Gasteiger partial charge in [0, 0.05) is 11.8 Å². The van der Waals surface area contributed by atoms with Crippen LogP contribution in [0.25, 0.3) is 0 Å². The van der Waals surface area contributed by atoms with Crippen molar-refractivity contribution in [1.29, 1.82) is 0 Å². The van der Waals surface area contributed by atoms with Crippen molar-refractivity contribution in [1.82, 2.24) is 5.32 Å². The van der Waals surface area contributed by atoms with Crippen LogP contribution in [-0.2, 0) is 0 Å². The Bertz CT molecular complexity index is 89.6. The van der Waals surface area contributed by atoms with Gasteiger partial charge in [-0.25, -0.2) is 0 Å². The quantitative estimate of drug-likeness (QED) is 0.655. The molecule has 11 heavy (non-hydrogen) atoms. The summed E-state index contributed by atoms with van der Waals surface area (Å²) < 4.78 is 0. The second-order valence-corrected chi connectivity index (χ2v) is 4.60. The molecule has 1 aliphatic rings. The minimum absolute atomic E-state index is 0.912. The third-order valence-electron chi connectivity index (χ3n) is 2.10. The summed E-state index contributed by atoms with van der Waals surface area (Å²) >= 11 is 2.16. The van der Waals surface area contributed by atoms with Crippen molar-refractivity contribution in [2.45, 2.75) is 37.9 Å². The van der Waals surface area contributed by atoms with E-state index < -0.39 is 0 Å². The maximum atomic E-state index is 3.44. The molecule has 0 amide bonds. The summed E-state index contributed by atoms with van der Waals surface area (Å²) in [6.45, 7) is 4.75. The van der Waals surface area contributed by atoms with Gasteiger partial charge >= 0.3 is 0 Å². The van der Waals surface area contributed by atoms with Crippen molar-refractivity contribution in [2.75, 3.05) is 18.8 Å². The second-order valence-electron chi connectivity index (χ2n) is 3.19. The van der Waals surface area contributed by atoms with E-state index in [0.29, 0.717) is 0 Å². The van der Waals surface area contributed by atoms with Crippen molar-refractivity contribution >= 4 is 11.8 Å². The Morgan fingerprint density at radius 3 is 3.09 bits per heavy atom. The van der Waals surface area contributed by atoms with Gasteiger partial charge in [0.05, 0.1) is 0 Å². The Balaban J connectivity index is 1.96. The zero-order valence-corrected chi connectivity index (χ0v) is 8.25. The zero-order chi connectivity index (χ0) is 7.94. The average molecular weight is 173 g/mol. The molecular weight excluding hydrogens is 154 g/mol. The zero-order valence-electron chi connectivity index (χ0n) is 7.44. The summed E-state index contributed by atoms with van der Waals surface area (Å²) in [4.78, 5) is 0. The number of hydrogen-bond acceptors (Lipinski definition) is 2. The molecule has 1 atom stereocenters. The van der Waals surface area contributed by atoms with E-state index in [2.05, 4.69) is 24.0 Å². The van der Waals surface area contributed by atoms with E-state index in [1.165, 1.54) is 44.5 Å². The highest BCUT2D eigenvalue weighted by Gasteiger charge is 2.11. The molecule has 0 saturated carbocycles. The number of unbranched alkanes of at least 4 members (excludes halogenated alkanes) is 1. The lowest BCUT2D eigenvalue weighted by atomic mass is 10.2. The summed E-state index contributed by atoms with van der Waals surface area (Å²) in [6.07, 6.45) is 5.54. The predicted molar refractivity (Wildman–Crippen MR) is 53.3 cm³/mol. The predicted octanol–water partition coefficient (Wildman–Crippen LogP) is 2.27. The van der Waals surface area contributed by atoms with Crippen LogP contribution in [0.3, 0.4) is 0 Å². The first-order chi connectivity index (χ1) is 5.43. The van der Waals surface area contributed by atoms with Gasteiger partial charge in [0.15, 0.2) is 0 Å². The minimum atomic E-state index is 0.912. The Hall–Kier alpha value is 0.310. The molecule has 0 radical (unpaired) electrons. The molecule has 2 heteroatoms.